The molecule has 0 spiro atoms. The van der Waals surface area contributed by atoms with Gasteiger partial charge in [-0.3, -0.25) is 9.80 Å². The lowest BCUT2D eigenvalue weighted by atomic mass is 10.2. The van der Waals surface area contributed by atoms with Gasteiger partial charge in [-0.2, -0.15) is 5.01 Å². The fourth-order valence-corrected chi connectivity index (χ4v) is 3.64. The van der Waals surface area contributed by atoms with Crippen molar-refractivity contribution in [2.75, 3.05) is 12.1 Å². The Morgan fingerprint density at radius 1 is 1.13 bits per heavy atom. The van der Waals surface area contributed by atoms with Gasteiger partial charge in [0.1, 0.15) is 0 Å². The van der Waals surface area contributed by atoms with Crippen molar-refractivity contribution in [3.8, 4) is 0 Å². The van der Waals surface area contributed by atoms with Gasteiger partial charge in [0.25, 0.3) is 5.91 Å². The zero-order valence-corrected chi connectivity index (χ0v) is 14.7. The fraction of sp³-hybridized carbons (Fsp3) is 0.0588. The quantitative estimate of drug-likeness (QED) is 0.590. The second-order valence-electron chi connectivity index (χ2n) is 4.90. The Bertz CT molecular complexity index is 775. The van der Waals surface area contributed by atoms with Crippen molar-refractivity contribution >= 4 is 57.6 Å². The predicted octanol–water partition coefficient (Wildman–Crippen LogP) is 4.59. The Balaban J connectivity index is 1.86. The van der Waals surface area contributed by atoms with Crippen molar-refractivity contribution in [1.29, 1.82) is 0 Å². The van der Waals surface area contributed by atoms with E-state index in [0.29, 0.717) is 14.2 Å². The van der Waals surface area contributed by atoms with Crippen molar-refractivity contribution in [2.45, 2.75) is 0 Å². The van der Waals surface area contributed by atoms with Crippen LogP contribution in [0.15, 0.2) is 59.5 Å². The summed E-state index contributed by atoms with van der Waals surface area (Å²) in [6.07, 6.45) is 1.83. The Morgan fingerprint density at radius 2 is 1.78 bits per heavy atom. The molecular formula is C17H13ClN2OS2. The third-order valence-electron chi connectivity index (χ3n) is 3.37. The van der Waals surface area contributed by atoms with Gasteiger partial charge >= 0.3 is 0 Å². The number of benzene rings is 2. The van der Waals surface area contributed by atoms with Crippen LogP contribution in [-0.2, 0) is 4.79 Å². The van der Waals surface area contributed by atoms with Crippen LogP contribution in [0, 0.1) is 0 Å². The van der Waals surface area contributed by atoms with Crippen LogP contribution in [0.5, 0.6) is 0 Å². The minimum atomic E-state index is -0.124. The molecule has 0 bridgehead atoms. The van der Waals surface area contributed by atoms with Gasteiger partial charge < -0.3 is 0 Å². The lowest BCUT2D eigenvalue weighted by molar-refractivity contribution is -0.122. The molecule has 0 radical (unpaired) electrons. The SMILES string of the molecule is CN(c1ccccc1)N1C(=O)/C(=C/c2ccc(Cl)cc2)SC1=S. The standard InChI is InChI=1S/C17H13ClN2OS2/c1-19(14-5-3-2-4-6-14)20-16(21)15(23-17(20)22)11-12-7-9-13(18)10-8-12/h2-11H,1H3/b15-11-. The van der Waals surface area contributed by atoms with Crippen LogP contribution < -0.4 is 5.01 Å². The number of carbonyl (C=O) groups is 1. The maximum absolute atomic E-state index is 12.7. The summed E-state index contributed by atoms with van der Waals surface area (Å²) in [6, 6.07) is 17.0. The number of rotatable bonds is 3. The van der Waals surface area contributed by atoms with Gasteiger partial charge in [-0.05, 0) is 48.1 Å². The van der Waals surface area contributed by atoms with E-state index in [4.69, 9.17) is 23.8 Å². The smallest absolute Gasteiger partial charge is 0.280 e. The van der Waals surface area contributed by atoms with Gasteiger partial charge in [0, 0.05) is 12.1 Å². The first-order valence-electron chi connectivity index (χ1n) is 6.88. The van der Waals surface area contributed by atoms with E-state index in [-0.39, 0.29) is 5.91 Å². The van der Waals surface area contributed by atoms with Gasteiger partial charge in [-0.25, -0.2) is 0 Å². The Kier molecular flexibility index (Phi) is 4.71. The molecule has 3 rings (SSSR count). The molecule has 2 aromatic rings. The number of halogens is 1. The molecule has 1 aliphatic heterocycles. The molecule has 1 fully saturated rings. The molecule has 0 aromatic heterocycles. The summed E-state index contributed by atoms with van der Waals surface area (Å²) >= 11 is 12.6. The highest BCUT2D eigenvalue weighted by atomic mass is 35.5. The van der Waals surface area contributed by atoms with E-state index in [1.807, 2.05) is 55.6 Å². The molecule has 1 heterocycles. The molecular weight excluding hydrogens is 348 g/mol. The molecule has 3 nitrogen and oxygen atoms in total. The largest absolute Gasteiger partial charge is 0.285 e. The Hall–Kier alpha value is -1.82. The zero-order chi connectivity index (χ0) is 16.4. The van der Waals surface area contributed by atoms with Crippen molar-refractivity contribution in [2.24, 2.45) is 0 Å². The van der Waals surface area contributed by atoms with Crippen molar-refractivity contribution < 1.29 is 4.79 Å². The molecule has 1 saturated heterocycles. The maximum Gasteiger partial charge on any atom is 0.285 e. The average molecular weight is 361 g/mol. The van der Waals surface area contributed by atoms with E-state index in [1.54, 1.807) is 17.1 Å². The van der Waals surface area contributed by atoms with E-state index in [2.05, 4.69) is 0 Å². The third-order valence-corrected chi connectivity index (χ3v) is 4.91. The minimum absolute atomic E-state index is 0.124. The summed E-state index contributed by atoms with van der Waals surface area (Å²) in [6.45, 7) is 0. The molecule has 1 aliphatic rings. The zero-order valence-electron chi connectivity index (χ0n) is 12.3. The predicted molar refractivity (Wildman–Crippen MR) is 101 cm³/mol. The van der Waals surface area contributed by atoms with E-state index >= 15 is 0 Å². The molecule has 6 heteroatoms. The van der Waals surface area contributed by atoms with Gasteiger partial charge in [-0.1, -0.05) is 53.7 Å². The second kappa shape index (κ2) is 6.74. The van der Waals surface area contributed by atoms with Crippen LogP contribution in [-0.4, -0.2) is 22.3 Å². The molecule has 116 valence electrons. The number of hydrogen-bond acceptors (Lipinski definition) is 4. The average Bonchev–Trinajstić information content (AvgIpc) is 2.84. The first-order chi connectivity index (χ1) is 11.1. The molecule has 2 aromatic carbocycles. The molecule has 0 N–H and O–H groups in total. The number of carbonyl (C=O) groups excluding carboxylic acids is 1. The number of hydrogen-bond donors (Lipinski definition) is 0. The first-order valence-corrected chi connectivity index (χ1v) is 8.49. The number of anilines is 1. The van der Waals surface area contributed by atoms with Gasteiger partial charge in [0.15, 0.2) is 4.32 Å². The Labute approximate surface area is 149 Å². The van der Waals surface area contributed by atoms with E-state index in [1.165, 1.54) is 16.8 Å². The third kappa shape index (κ3) is 3.42. The summed E-state index contributed by atoms with van der Waals surface area (Å²) < 4.78 is 0.515. The fourth-order valence-electron chi connectivity index (χ4n) is 2.19. The highest BCUT2D eigenvalue weighted by Gasteiger charge is 2.35. The van der Waals surface area contributed by atoms with Crippen LogP contribution >= 0.6 is 35.6 Å². The van der Waals surface area contributed by atoms with Crippen molar-refractivity contribution in [3.63, 3.8) is 0 Å². The van der Waals surface area contributed by atoms with Gasteiger partial charge in [-0.15, -0.1) is 0 Å². The van der Waals surface area contributed by atoms with Crippen LogP contribution in [0.2, 0.25) is 5.02 Å². The first kappa shape index (κ1) is 16.1. The second-order valence-corrected chi connectivity index (χ2v) is 7.02. The molecule has 0 saturated carbocycles. The Morgan fingerprint density at radius 3 is 2.43 bits per heavy atom. The molecule has 23 heavy (non-hydrogen) atoms. The number of thioether (sulfide) groups is 1. The summed E-state index contributed by atoms with van der Waals surface area (Å²) in [4.78, 5) is 13.3. The summed E-state index contributed by atoms with van der Waals surface area (Å²) in [5.74, 6) is -0.124. The topological polar surface area (TPSA) is 23.6 Å². The number of thiocarbonyl (C=S) groups is 1. The number of hydrazine groups is 1. The molecule has 0 atom stereocenters. The number of amides is 1. The van der Waals surface area contributed by atoms with E-state index in [0.717, 1.165) is 11.3 Å². The summed E-state index contributed by atoms with van der Waals surface area (Å²) in [5.41, 5.74) is 1.81. The molecule has 0 unspecified atom stereocenters. The highest BCUT2D eigenvalue weighted by Crippen LogP contribution is 2.34. The van der Waals surface area contributed by atoms with Gasteiger partial charge in [0.05, 0.1) is 10.6 Å². The molecule has 1 amide bonds. The van der Waals surface area contributed by atoms with E-state index in [9.17, 15) is 4.79 Å². The lowest BCUT2D eigenvalue weighted by Gasteiger charge is -2.28. The summed E-state index contributed by atoms with van der Waals surface area (Å²) in [7, 11) is 1.82. The van der Waals surface area contributed by atoms with Crippen molar-refractivity contribution in [1.82, 2.24) is 5.01 Å². The van der Waals surface area contributed by atoms with Crippen LogP contribution in [0.3, 0.4) is 0 Å². The normalized spacial score (nSPS) is 16.3. The van der Waals surface area contributed by atoms with Crippen LogP contribution in [0.25, 0.3) is 6.08 Å². The van der Waals surface area contributed by atoms with Gasteiger partial charge in [0.2, 0.25) is 0 Å². The lowest BCUT2D eigenvalue weighted by Crippen LogP contribution is -2.42. The number of para-hydroxylation sites is 1. The maximum atomic E-state index is 12.7. The number of nitrogens with zero attached hydrogens (tertiary/aromatic N) is 2. The highest BCUT2D eigenvalue weighted by molar-refractivity contribution is 8.26. The monoisotopic (exact) mass is 360 g/mol. The minimum Gasteiger partial charge on any atom is -0.280 e. The summed E-state index contributed by atoms with van der Waals surface area (Å²) in [5, 5.41) is 3.94. The van der Waals surface area contributed by atoms with Crippen LogP contribution in [0.4, 0.5) is 5.69 Å². The van der Waals surface area contributed by atoms with Crippen molar-refractivity contribution in [3.05, 3.63) is 70.1 Å². The van der Waals surface area contributed by atoms with Crippen LogP contribution in [0.1, 0.15) is 5.56 Å². The van der Waals surface area contributed by atoms with E-state index < -0.39 is 0 Å². The molecule has 0 aliphatic carbocycles.